The maximum atomic E-state index is 6.47. The van der Waals surface area contributed by atoms with Crippen LogP contribution in [0, 0.1) is 10.8 Å². The quantitative estimate of drug-likeness (QED) is 0.169. The van der Waals surface area contributed by atoms with Gasteiger partial charge in [0.05, 0.1) is 0 Å². The van der Waals surface area contributed by atoms with Crippen molar-refractivity contribution < 1.29 is 19.5 Å². The van der Waals surface area contributed by atoms with Crippen LogP contribution in [0.5, 0.6) is 0 Å². The third kappa shape index (κ3) is 9.03. The standard InChI is InChI=1S/C2H7N5.Zn/c3-1(4)7-2(5)6;/h(H7,3,4,5,6,7);. The van der Waals surface area contributed by atoms with Gasteiger partial charge in [0.2, 0.25) is 0 Å². The van der Waals surface area contributed by atoms with Crippen molar-refractivity contribution in [3.63, 3.8) is 0 Å². The Labute approximate surface area is 59.6 Å². The Morgan fingerprint density at radius 2 is 1.38 bits per heavy atom. The van der Waals surface area contributed by atoms with Crippen LogP contribution in [0.15, 0.2) is 0 Å². The van der Waals surface area contributed by atoms with Crippen molar-refractivity contribution in [2.45, 2.75) is 0 Å². The minimum absolute atomic E-state index is 0. The molecular weight excluding hydrogens is 159 g/mol. The number of nitrogens with one attached hydrogen (secondary N) is 3. The Morgan fingerprint density at radius 3 is 1.38 bits per heavy atom. The summed E-state index contributed by atoms with van der Waals surface area (Å²) < 4.78 is 0. The zero-order chi connectivity index (χ0) is 5.86. The molecule has 5 nitrogen and oxygen atoms in total. The van der Waals surface area contributed by atoms with Crippen LogP contribution in [0.25, 0.3) is 0 Å². The van der Waals surface area contributed by atoms with Crippen LogP contribution >= 0.6 is 0 Å². The third-order valence-electron chi connectivity index (χ3n) is 0.269. The van der Waals surface area contributed by atoms with Crippen molar-refractivity contribution >= 4 is 11.9 Å². The van der Waals surface area contributed by atoms with E-state index in [2.05, 4.69) is 0 Å². The topological polar surface area (TPSA) is 112 Å². The van der Waals surface area contributed by atoms with Crippen LogP contribution in [0.3, 0.4) is 0 Å². The molecule has 0 amide bonds. The Bertz CT molecular complexity index is 86.6. The van der Waals surface area contributed by atoms with Gasteiger partial charge in [-0.1, -0.05) is 0 Å². The summed E-state index contributed by atoms with van der Waals surface area (Å²) in [7, 11) is 0. The molecule has 6 heteroatoms. The van der Waals surface area contributed by atoms with E-state index >= 15 is 0 Å². The first-order valence-electron chi connectivity index (χ1n) is 1.58. The predicted octanol–water partition coefficient (Wildman–Crippen LogP) is -1.64. The largest absolute Gasteiger partial charge is 0.370 e. The summed E-state index contributed by atoms with van der Waals surface area (Å²) in [5.74, 6) is -0.625. The molecule has 0 aliphatic carbocycles. The average molecular weight is 167 g/mol. The fourth-order valence-electron chi connectivity index (χ4n) is 0.145. The molecule has 0 radical (unpaired) electrons. The first kappa shape index (κ1) is 10.4. The Hall–Kier alpha value is -0.637. The second-order valence-electron chi connectivity index (χ2n) is 0.952. The molecule has 0 rings (SSSR count). The molecule has 0 aromatic rings. The van der Waals surface area contributed by atoms with E-state index in [9.17, 15) is 0 Å². The molecule has 0 fully saturated rings. The van der Waals surface area contributed by atoms with Gasteiger partial charge in [0.15, 0.2) is 11.9 Å². The van der Waals surface area contributed by atoms with Crippen LogP contribution < -0.4 is 16.8 Å². The summed E-state index contributed by atoms with van der Waals surface area (Å²) in [6, 6.07) is 0. The molecule has 8 heavy (non-hydrogen) atoms. The summed E-state index contributed by atoms with van der Waals surface area (Å²) in [6.45, 7) is 0. The van der Waals surface area contributed by atoms with Crippen LogP contribution in [-0.2, 0) is 19.5 Å². The number of hydrogen-bond donors (Lipinski definition) is 5. The molecule has 0 heterocycles. The van der Waals surface area contributed by atoms with E-state index < -0.39 is 0 Å². The van der Waals surface area contributed by atoms with Crippen LogP contribution in [0.2, 0.25) is 0 Å². The molecule has 0 aliphatic rings. The molecule has 7 N–H and O–H groups in total. The summed E-state index contributed by atoms with van der Waals surface area (Å²) in [6.07, 6.45) is 0. The fourth-order valence-corrected chi connectivity index (χ4v) is 0.145. The molecule has 0 spiro atoms. The van der Waals surface area contributed by atoms with Gasteiger partial charge in [0.25, 0.3) is 0 Å². The summed E-state index contributed by atoms with van der Waals surface area (Å²) >= 11 is 0. The van der Waals surface area contributed by atoms with Crippen molar-refractivity contribution in [3.05, 3.63) is 0 Å². The molecule has 0 aromatic heterocycles. The maximum absolute atomic E-state index is 6.47. The first-order chi connectivity index (χ1) is 3.13. The maximum Gasteiger partial charge on any atom is 0.192 e. The zero-order valence-corrected chi connectivity index (χ0v) is 7.33. The number of rotatable bonds is 0. The predicted molar refractivity (Wildman–Crippen MR) is 27.0 cm³/mol. The molecule has 0 aromatic carbocycles. The van der Waals surface area contributed by atoms with E-state index in [4.69, 9.17) is 22.3 Å². The number of nitrogens with two attached hydrogens (primary N) is 2. The van der Waals surface area contributed by atoms with Gasteiger partial charge in [-0.2, -0.15) is 0 Å². The van der Waals surface area contributed by atoms with Crippen molar-refractivity contribution in [1.82, 2.24) is 5.32 Å². The SMILES string of the molecule is N=C(N)NC(=N)N.[Zn]. The van der Waals surface area contributed by atoms with E-state index in [-0.39, 0.29) is 31.4 Å². The van der Waals surface area contributed by atoms with Gasteiger partial charge in [0.1, 0.15) is 0 Å². The summed E-state index contributed by atoms with van der Waals surface area (Å²) in [5.41, 5.74) is 9.49. The molecule has 42 valence electrons. The molecule has 0 bridgehead atoms. The Kier molecular flexibility index (Phi) is 5.86. The number of guanidine groups is 2. The van der Waals surface area contributed by atoms with Crippen LogP contribution in [0.1, 0.15) is 0 Å². The second kappa shape index (κ2) is 4.52. The molecule has 0 atom stereocenters. The summed E-state index contributed by atoms with van der Waals surface area (Å²) in [4.78, 5) is 0. The van der Waals surface area contributed by atoms with E-state index in [0.29, 0.717) is 0 Å². The van der Waals surface area contributed by atoms with Gasteiger partial charge < -0.3 is 11.5 Å². The monoisotopic (exact) mass is 165 g/mol. The molecule has 0 aliphatic heterocycles. The van der Waals surface area contributed by atoms with Crippen molar-refractivity contribution in [3.8, 4) is 0 Å². The van der Waals surface area contributed by atoms with Crippen molar-refractivity contribution in [1.29, 1.82) is 10.8 Å². The van der Waals surface area contributed by atoms with Crippen molar-refractivity contribution in [2.75, 3.05) is 0 Å². The zero-order valence-electron chi connectivity index (χ0n) is 4.36. The molecule has 0 saturated carbocycles. The fraction of sp³-hybridized carbons (Fsp3) is 0. The van der Waals surface area contributed by atoms with E-state index in [1.54, 1.807) is 0 Å². The summed E-state index contributed by atoms with van der Waals surface area (Å²) in [5, 5.41) is 15.0. The van der Waals surface area contributed by atoms with Gasteiger partial charge in [-0.15, -0.1) is 0 Å². The molecule has 0 saturated heterocycles. The molecule has 0 unspecified atom stereocenters. The van der Waals surface area contributed by atoms with E-state index in [0.717, 1.165) is 0 Å². The van der Waals surface area contributed by atoms with Crippen LogP contribution in [0.4, 0.5) is 0 Å². The second-order valence-corrected chi connectivity index (χ2v) is 0.952. The smallest absolute Gasteiger partial charge is 0.192 e. The van der Waals surface area contributed by atoms with Gasteiger partial charge >= 0.3 is 0 Å². The minimum atomic E-state index is -0.312. The minimum Gasteiger partial charge on any atom is -0.370 e. The molecular formula is C2H7N5Zn. The van der Waals surface area contributed by atoms with Gasteiger partial charge in [-0.25, -0.2) is 0 Å². The van der Waals surface area contributed by atoms with Gasteiger partial charge in [-0.3, -0.25) is 16.1 Å². The normalized spacial score (nSPS) is 6.50. The number of hydrogen-bond acceptors (Lipinski definition) is 2. The Morgan fingerprint density at radius 1 is 1.12 bits per heavy atom. The van der Waals surface area contributed by atoms with Gasteiger partial charge in [0, 0.05) is 19.5 Å². The van der Waals surface area contributed by atoms with Crippen LogP contribution in [-0.4, -0.2) is 11.9 Å². The van der Waals surface area contributed by atoms with Gasteiger partial charge in [-0.05, 0) is 0 Å². The first-order valence-corrected chi connectivity index (χ1v) is 1.58. The van der Waals surface area contributed by atoms with E-state index in [1.165, 1.54) is 0 Å². The van der Waals surface area contributed by atoms with E-state index in [1.807, 2.05) is 5.32 Å². The average Bonchev–Trinajstić information content (AvgIpc) is 1.27. The third-order valence-corrected chi connectivity index (χ3v) is 0.269. The van der Waals surface area contributed by atoms with Crippen molar-refractivity contribution in [2.24, 2.45) is 11.5 Å². The Balaban J connectivity index is 0.